The highest BCUT2D eigenvalue weighted by Crippen LogP contribution is 2.30. The number of likely N-dealkylation sites (tertiary alicyclic amines) is 1. The minimum Gasteiger partial charge on any atom is -0.497 e. The van der Waals surface area contributed by atoms with E-state index in [4.69, 9.17) is 14.2 Å². The molecule has 222 valence electrons. The number of nitrogens with zero attached hydrogens (tertiary/aromatic N) is 3. The highest BCUT2D eigenvalue weighted by Gasteiger charge is 2.28. The van der Waals surface area contributed by atoms with E-state index in [2.05, 4.69) is 10.4 Å². The van der Waals surface area contributed by atoms with Gasteiger partial charge in [0.15, 0.2) is 11.4 Å². The number of hydrogen-bond donors (Lipinski definition) is 1. The number of rotatable bonds is 9. The first-order valence-corrected chi connectivity index (χ1v) is 13.9. The van der Waals surface area contributed by atoms with Crippen LogP contribution in [0.4, 0.5) is 15.8 Å². The summed E-state index contributed by atoms with van der Waals surface area (Å²) in [4.78, 5) is 40.5. The fourth-order valence-corrected chi connectivity index (χ4v) is 4.77. The van der Waals surface area contributed by atoms with E-state index in [-0.39, 0.29) is 29.2 Å². The summed E-state index contributed by atoms with van der Waals surface area (Å²) in [5.74, 6) is 0.288. The lowest BCUT2D eigenvalue weighted by Gasteiger charge is -2.31. The average Bonchev–Trinajstić information content (AvgIpc) is 3.04. The molecular weight excluding hydrogens is 555 g/mol. The molecule has 1 aromatic heterocycles. The zero-order chi connectivity index (χ0) is 30.3. The van der Waals surface area contributed by atoms with Gasteiger partial charge in [0.05, 0.1) is 31.5 Å². The first kappa shape index (κ1) is 29.3. The van der Waals surface area contributed by atoms with Crippen molar-refractivity contribution in [3.8, 4) is 22.9 Å². The maximum atomic E-state index is 13.6. The zero-order valence-electron chi connectivity index (χ0n) is 23.8. The lowest BCUT2D eigenvalue weighted by molar-refractivity contribution is -0.149. The fourth-order valence-electron chi connectivity index (χ4n) is 4.77. The molecule has 2 heterocycles. The van der Waals surface area contributed by atoms with E-state index in [0.29, 0.717) is 61.0 Å². The number of piperidine rings is 1. The summed E-state index contributed by atoms with van der Waals surface area (Å²) in [6.45, 7) is 3.05. The third-order valence-corrected chi connectivity index (χ3v) is 7.10. The van der Waals surface area contributed by atoms with E-state index in [1.165, 1.54) is 30.5 Å². The number of amides is 1. The van der Waals surface area contributed by atoms with Crippen LogP contribution in [0.25, 0.3) is 5.69 Å². The van der Waals surface area contributed by atoms with Crippen molar-refractivity contribution in [2.45, 2.75) is 19.8 Å². The Hall–Kier alpha value is -5.19. The number of carbonyl (C=O) groups is 2. The van der Waals surface area contributed by atoms with Crippen LogP contribution in [-0.2, 0) is 9.53 Å². The van der Waals surface area contributed by atoms with E-state index in [9.17, 15) is 18.8 Å². The van der Waals surface area contributed by atoms with Crippen LogP contribution in [0, 0.1) is 11.7 Å². The third kappa shape index (κ3) is 6.83. The van der Waals surface area contributed by atoms with Gasteiger partial charge < -0.3 is 24.4 Å². The van der Waals surface area contributed by atoms with Crippen molar-refractivity contribution in [2.24, 2.45) is 5.92 Å². The van der Waals surface area contributed by atoms with Gasteiger partial charge in [-0.1, -0.05) is 0 Å². The van der Waals surface area contributed by atoms with Crippen LogP contribution in [0.3, 0.4) is 0 Å². The Kier molecular flexibility index (Phi) is 8.99. The van der Waals surface area contributed by atoms with Crippen molar-refractivity contribution in [1.29, 1.82) is 0 Å². The van der Waals surface area contributed by atoms with Gasteiger partial charge in [-0.05, 0) is 92.6 Å². The molecule has 10 nitrogen and oxygen atoms in total. The highest BCUT2D eigenvalue weighted by molar-refractivity contribution is 5.94. The van der Waals surface area contributed by atoms with Crippen LogP contribution in [0.5, 0.6) is 17.2 Å². The van der Waals surface area contributed by atoms with E-state index in [1.807, 2.05) is 0 Å². The van der Waals surface area contributed by atoms with E-state index >= 15 is 0 Å². The van der Waals surface area contributed by atoms with Crippen LogP contribution in [0.15, 0.2) is 83.8 Å². The molecule has 11 heteroatoms. The highest BCUT2D eigenvalue weighted by atomic mass is 19.1. The van der Waals surface area contributed by atoms with Crippen molar-refractivity contribution < 1.29 is 28.2 Å². The molecule has 0 atom stereocenters. The summed E-state index contributed by atoms with van der Waals surface area (Å²) in [5, 5.41) is 7.35. The van der Waals surface area contributed by atoms with Crippen LogP contribution >= 0.6 is 0 Å². The maximum absolute atomic E-state index is 13.6. The number of halogens is 1. The average molecular weight is 587 g/mol. The molecule has 0 radical (unpaired) electrons. The number of methoxy groups -OCH3 is 1. The Morgan fingerprint density at radius 2 is 1.60 bits per heavy atom. The van der Waals surface area contributed by atoms with Gasteiger partial charge in [-0.3, -0.25) is 14.4 Å². The molecule has 1 fully saturated rings. The number of carbonyl (C=O) groups excluding carboxylic acids is 2. The summed E-state index contributed by atoms with van der Waals surface area (Å²) in [6.07, 6.45) is 2.52. The topological polar surface area (TPSA) is 112 Å². The minimum absolute atomic E-state index is 0.0928. The molecule has 1 aliphatic heterocycles. The first-order chi connectivity index (χ1) is 20.9. The Morgan fingerprint density at radius 3 is 2.23 bits per heavy atom. The van der Waals surface area contributed by atoms with Crippen molar-refractivity contribution in [3.05, 3.63) is 101 Å². The summed E-state index contributed by atoms with van der Waals surface area (Å²) < 4.78 is 31.0. The molecular formula is C32H31FN4O6. The van der Waals surface area contributed by atoms with Gasteiger partial charge in [0.1, 0.15) is 17.3 Å². The fraction of sp³-hybridized carbons (Fsp3) is 0.250. The maximum Gasteiger partial charge on any atom is 0.309 e. The summed E-state index contributed by atoms with van der Waals surface area (Å²) >= 11 is 0. The zero-order valence-corrected chi connectivity index (χ0v) is 23.8. The molecule has 0 aliphatic carbocycles. The van der Waals surface area contributed by atoms with Gasteiger partial charge in [-0.15, -0.1) is 0 Å². The standard InChI is InChI=1S/C32H31FN4O6/c1-3-42-32(40)22-16-18-36(19-17-22)30(38)21-4-8-24(9-5-21)35-29-28(43-27-14-12-26(41-2)13-15-27)20-34-37(31(29)39)25-10-6-23(33)7-11-25/h4-15,20,22,35H,3,16-19H2,1-2H3. The Balaban J connectivity index is 1.37. The van der Waals surface area contributed by atoms with Crippen LogP contribution in [0.2, 0.25) is 0 Å². The van der Waals surface area contributed by atoms with Gasteiger partial charge in [0, 0.05) is 24.3 Å². The van der Waals surface area contributed by atoms with Crippen molar-refractivity contribution in [2.75, 3.05) is 32.1 Å². The van der Waals surface area contributed by atoms with E-state index in [1.54, 1.807) is 67.5 Å². The van der Waals surface area contributed by atoms with E-state index in [0.717, 1.165) is 4.68 Å². The lowest BCUT2D eigenvalue weighted by atomic mass is 9.96. The Labute approximate surface area is 247 Å². The monoisotopic (exact) mass is 586 g/mol. The van der Waals surface area contributed by atoms with Crippen molar-refractivity contribution >= 4 is 23.3 Å². The van der Waals surface area contributed by atoms with Crippen molar-refractivity contribution in [1.82, 2.24) is 14.7 Å². The molecule has 0 unspecified atom stereocenters. The largest absolute Gasteiger partial charge is 0.497 e. The molecule has 3 aromatic carbocycles. The number of anilines is 2. The van der Waals surface area contributed by atoms with Gasteiger partial charge in [0.25, 0.3) is 11.5 Å². The SMILES string of the molecule is CCOC(=O)C1CCN(C(=O)c2ccc(Nc3c(Oc4ccc(OC)cc4)cnn(-c4ccc(F)cc4)c3=O)cc2)CC1. The second-order valence-electron chi connectivity index (χ2n) is 9.88. The molecule has 43 heavy (non-hydrogen) atoms. The number of benzene rings is 3. The summed E-state index contributed by atoms with van der Waals surface area (Å²) in [6, 6.07) is 19.0. The van der Waals surface area contributed by atoms with Gasteiger partial charge in [-0.25, -0.2) is 4.39 Å². The van der Waals surface area contributed by atoms with Crippen LogP contribution < -0.4 is 20.3 Å². The predicted molar refractivity (Wildman–Crippen MR) is 158 cm³/mol. The second kappa shape index (κ2) is 13.2. The van der Waals surface area contributed by atoms with Gasteiger partial charge >= 0.3 is 5.97 Å². The van der Waals surface area contributed by atoms with Crippen LogP contribution in [0.1, 0.15) is 30.1 Å². The number of esters is 1. The minimum atomic E-state index is -0.526. The first-order valence-electron chi connectivity index (χ1n) is 13.9. The second-order valence-corrected chi connectivity index (χ2v) is 9.88. The molecule has 0 bridgehead atoms. The number of nitrogens with one attached hydrogen (secondary N) is 1. The normalized spacial score (nSPS) is 13.3. The molecule has 5 rings (SSSR count). The van der Waals surface area contributed by atoms with Gasteiger partial charge in [0.2, 0.25) is 0 Å². The molecule has 0 saturated carbocycles. The third-order valence-electron chi connectivity index (χ3n) is 7.10. The number of hydrogen-bond acceptors (Lipinski definition) is 8. The van der Waals surface area contributed by atoms with Gasteiger partial charge in [-0.2, -0.15) is 9.78 Å². The summed E-state index contributed by atoms with van der Waals surface area (Å²) in [7, 11) is 1.56. The Morgan fingerprint density at radius 1 is 0.953 bits per heavy atom. The quantitative estimate of drug-likeness (QED) is 0.262. The molecule has 1 aliphatic rings. The number of ether oxygens (including phenoxy) is 3. The van der Waals surface area contributed by atoms with E-state index < -0.39 is 11.4 Å². The lowest BCUT2D eigenvalue weighted by Crippen LogP contribution is -2.40. The molecule has 1 N–H and O–H groups in total. The van der Waals surface area contributed by atoms with Crippen molar-refractivity contribution in [3.63, 3.8) is 0 Å². The number of aromatic nitrogens is 2. The molecule has 0 spiro atoms. The molecule has 1 saturated heterocycles. The summed E-state index contributed by atoms with van der Waals surface area (Å²) in [5.41, 5.74) is 0.954. The molecule has 4 aromatic rings. The predicted octanol–water partition coefficient (Wildman–Crippen LogP) is 5.33. The van der Waals surface area contributed by atoms with Crippen LogP contribution in [-0.4, -0.2) is 53.4 Å². The molecule has 1 amide bonds. The smallest absolute Gasteiger partial charge is 0.309 e. The Bertz CT molecular complexity index is 1630.